The lowest BCUT2D eigenvalue weighted by Crippen LogP contribution is -2.58. The summed E-state index contributed by atoms with van der Waals surface area (Å²) in [6.45, 7) is 6.34. The van der Waals surface area contributed by atoms with Crippen LogP contribution in [0.2, 0.25) is 0 Å². The van der Waals surface area contributed by atoms with Gasteiger partial charge in [0, 0.05) is 26.2 Å². The highest BCUT2D eigenvalue weighted by atomic mass is 16.5. The van der Waals surface area contributed by atoms with Gasteiger partial charge < -0.3 is 4.74 Å². The van der Waals surface area contributed by atoms with E-state index in [9.17, 15) is 14.4 Å². The summed E-state index contributed by atoms with van der Waals surface area (Å²) in [5.74, 6) is -1.53. The Labute approximate surface area is 124 Å². The molecule has 118 valence electrons. The van der Waals surface area contributed by atoms with E-state index in [1.807, 2.05) is 6.92 Å². The molecule has 0 aromatic rings. The minimum atomic E-state index is -0.712. The van der Waals surface area contributed by atoms with Gasteiger partial charge in [0.2, 0.25) is 11.8 Å². The standard InChI is InChI=1S/C14H23N3O4/c1-2-4-11-12(18)15-14(20)17(13(11)19)6-3-5-16-7-9-21-10-8-16/h11H,2-10H2,1H3,(H,15,18,20). The topological polar surface area (TPSA) is 79.0 Å². The first-order valence-electron chi connectivity index (χ1n) is 7.59. The highest BCUT2D eigenvalue weighted by Gasteiger charge is 2.39. The molecule has 2 heterocycles. The monoisotopic (exact) mass is 297 g/mol. The van der Waals surface area contributed by atoms with Gasteiger partial charge in [0.1, 0.15) is 5.92 Å². The average Bonchev–Trinajstić information content (AvgIpc) is 2.48. The van der Waals surface area contributed by atoms with Crippen LogP contribution in [0.1, 0.15) is 26.2 Å². The lowest BCUT2D eigenvalue weighted by Gasteiger charge is -2.31. The predicted octanol–water partition coefficient (Wildman–Crippen LogP) is 0.203. The highest BCUT2D eigenvalue weighted by Crippen LogP contribution is 2.16. The predicted molar refractivity (Wildman–Crippen MR) is 75.5 cm³/mol. The quantitative estimate of drug-likeness (QED) is 0.709. The van der Waals surface area contributed by atoms with E-state index in [2.05, 4.69) is 10.2 Å². The zero-order valence-electron chi connectivity index (χ0n) is 12.5. The molecule has 2 saturated heterocycles. The summed E-state index contributed by atoms with van der Waals surface area (Å²) in [5.41, 5.74) is 0. The Morgan fingerprint density at radius 1 is 1.19 bits per heavy atom. The van der Waals surface area contributed by atoms with Gasteiger partial charge >= 0.3 is 6.03 Å². The zero-order valence-corrected chi connectivity index (χ0v) is 12.5. The molecule has 1 unspecified atom stereocenters. The molecule has 2 aliphatic heterocycles. The Balaban J connectivity index is 1.84. The molecule has 0 aliphatic carbocycles. The van der Waals surface area contributed by atoms with E-state index in [4.69, 9.17) is 4.74 Å². The summed E-state index contributed by atoms with van der Waals surface area (Å²) in [4.78, 5) is 39.1. The Hall–Kier alpha value is -1.47. The maximum Gasteiger partial charge on any atom is 0.330 e. The number of imide groups is 2. The van der Waals surface area contributed by atoms with Gasteiger partial charge in [0.05, 0.1) is 13.2 Å². The van der Waals surface area contributed by atoms with Crippen LogP contribution in [0, 0.1) is 5.92 Å². The van der Waals surface area contributed by atoms with E-state index in [0.717, 1.165) is 39.3 Å². The van der Waals surface area contributed by atoms with Crippen molar-refractivity contribution < 1.29 is 19.1 Å². The number of carbonyl (C=O) groups excluding carboxylic acids is 3. The third kappa shape index (κ3) is 4.01. The summed E-state index contributed by atoms with van der Waals surface area (Å²) in [5, 5.41) is 2.28. The van der Waals surface area contributed by atoms with Crippen LogP contribution in [-0.4, -0.2) is 67.0 Å². The molecule has 7 nitrogen and oxygen atoms in total. The van der Waals surface area contributed by atoms with Crippen LogP contribution in [0.15, 0.2) is 0 Å². The van der Waals surface area contributed by atoms with Crippen molar-refractivity contribution in [3.63, 3.8) is 0 Å². The first-order chi connectivity index (χ1) is 10.1. The smallest absolute Gasteiger partial charge is 0.330 e. The number of nitrogens with zero attached hydrogens (tertiary/aromatic N) is 2. The van der Waals surface area contributed by atoms with E-state index in [1.165, 1.54) is 4.90 Å². The van der Waals surface area contributed by atoms with Crippen LogP contribution in [0.4, 0.5) is 4.79 Å². The Kier molecular flexibility index (Phi) is 5.69. The molecule has 7 heteroatoms. The summed E-state index contributed by atoms with van der Waals surface area (Å²) in [6.07, 6.45) is 1.93. The Bertz CT molecular complexity index is 407. The molecular formula is C14H23N3O4. The summed E-state index contributed by atoms with van der Waals surface area (Å²) in [6, 6.07) is -0.584. The van der Waals surface area contributed by atoms with E-state index >= 15 is 0 Å². The maximum absolute atomic E-state index is 12.2. The minimum Gasteiger partial charge on any atom is -0.379 e. The number of urea groups is 1. The van der Waals surface area contributed by atoms with E-state index < -0.39 is 17.9 Å². The molecule has 1 atom stereocenters. The lowest BCUT2D eigenvalue weighted by molar-refractivity contribution is -0.142. The van der Waals surface area contributed by atoms with Gasteiger partial charge in [0.15, 0.2) is 0 Å². The van der Waals surface area contributed by atoms with Gasteiger partial charge in [-0.15, -0.1) is 0 Å². The van der Waals surface area contributed by atoms with Gasteiger partial charge in [0.25, 0.3) is 0 Å². The van der Waals surface area contributed by atoms with Crippen molar-refractivity contribution in [2.24, 2.45) is 5.92 Å². The fraction of sp³-hybridized carbons (Fsp3) is 0.786. The minimum absolute atomic E-state index is 0.354. The number of carbonyl (C=O) groups is 3. The van der Waals surface area contributed by atoms with Gasteiger partial charge in [-0.05, 0) is 12.8 Å². The molecule has 1 N–H and O–H groups in total. The number of hydrogen-bond acceptors (Lipinski definition) is 5. The lowest BCUT2D eigenvalue weighted by atomic mass is 9.99. The first-order valence-corrected chi connectivity index (χ1v) is 7.59. The SMILES string of the molecule is CCCC1C(=O)NC(=O)N(CCCN2CCOCC2)C1=O. The maximum atomic E-state index is 12.2. The van der Waals surface area contributed by atoms with Crippen molar-refractivity contribution >= 4 is 17.8 Å². The number of morpholine rings is 1. The second kappa shape index (κ2) is 7.51. The molecule has 2 fully saturated rings. The highest BCUT2D eigenvalue weighted by molar-refractivity contribution is 6.16. The first kappa shape index (κ1) is 15.9. The number of ether oxygens (including phenoxy) is 1. The molecular weight excluding hydrogens is 274 g/mol. The normalized spacial score (nSPS) is 24.3. The van der Waals surface area contributed by atoms with E-state index in [-0.39, 0.29) is 5.91 Å². The molecule has 21 heavy (non-hydrogen) atoms. The Morgan fingerprint density at radius 3 is 2.57 bits per heavy atom. The Morgan fingerprint density at radius 2 is 1.90 bits per heavy atom. The molecule has 2 rings (SSSR count). The molecule has 2 aliphatic rings. The van der Waals surface area contributed by atoms with Crippen molar-refractivity contribution in [3.05, 3.63) is 0 Å². The fourth-order valence-electron chi connectivity index (χ4n) is 2.69. The van der Waals surface area contributed by atoms with Crippen LogP contribution in [0.5, 0.6) is 0 Å². The number of nitrogens with one attached hydrogen (secondary N) is 1. The van der Waals surface area contributed by atoms with Crippen LogP contribution in [0.25, 0.3) is 0 Å². The molecule has 0 spiro atoms. The number of amides is 4. The number of barbiturate groups is 1. The van der Waals surface area contributed by atoms with Crippen LogP contribution < -0.4 is 5.32 Å². The molecule has 0 radical (unpaired) electrons. The number of hydrogen-bond donors (Lipinski definition) is 1. The van der Waals surface area contributed by atoms with Crippen LogP contribution in [0.3, 0.4) is 0 Å². The third-order valence-corrected chi connectivity index (χ3v) is 3.89. The van der Waals surface area contributed by atoms with Crippen LogP contribution >= 0.6 is 0 Å². The second-order valence-corrected chi connectivity index (χ2v) is 5.43. The van der Waals surface area contributed by atoms with Crippen molar-refractivity contribution in [2.75, 3.05) is 39.4 Å². The number of rotatable bonds is 6. The van der Waals surface area contributed by atoms with Gasteiger partial charge in [-0.1, -0.05) is 13.3 Å². The zero-order chi connectivity index (χ0) is 15.2. The molecule has 0 aromatic heterocycles. The van der Waals surface area contributed by atoms with Crippen molar-refractivity contribution in [2.45, 2.75) is 26.2 Å². The largest absolute Gasteiger partial charge is 0.379 e. The summed E-state index contributed by atoms with van der Waals surface area (Å²) < 4.78 is 5.28. The summed E-state index contributed by atoms with van der Waals surface area (Å²) >= 11 is 0. The molecule has 0 aromatic carbocycles. The van der Waals surface area contributed by atoms with Gasteiger partial charge in [-0.25, -0.2) is 4.79 Å². The van der Waals surface area contributed by atoms with Crippen molar-refractivity contribution in [3.8, 4) is 0 Å². The summed E-state index contributed by atoms with van der Waals surface area (Å²) in [7, 11) is 0. The van der Waals surface area contributed by atoms with Crippen LogP contribution in [-0.2, 0) is 14.3 Å². The third-order valence-electron chi connectivity index (χ3n) is 3.89. The van der Waals surface area contributed by atoms with Gasteiger partial charge in [-0.2, -0.15) is 0 Å². The molecule has 0 saturated carbocycles. The van der Waals surface area contributed by atoms with Crippen molar-refractivity contribution in [1.29, 1.82) is 0 Å². The van der Waals surface area contributed by atoms with E-state index in [1.54, 1.807) is 0 Å². The van der Waals surface area contributed by atoms with Crippen molar-refractivity contribution in [1.82, 2.24) is 15.1 Å². The molecule has 0 bridgehead atoms. The fourth-order valence-corrected chi connectivity index (χ4v) is 2.69. The van der Waals surface area contributed by atoms with Gasteiger partial charge in [-0.3, -0.25) is 24.7 Å². The average molecular weight is 297 g/mol. The molecule has 4 amide bonds. The second-order valence-electron chi connectivity index (χ2n) is 5.43. The van der Waals surface area contributed by atoms with E-state index in [0.29, 0.717) is 19.4 Å².